The highest BCUT2D eigenvalue weighted by Gasteiger charge is 2.22. The maximum absolute atomic E-state index is 10.7. The number of nitrogens with zero attached hydrogens (tertiary/aromatic N) is 1. The Kier molecular flexibility index (Phi) is 6.31. The number of carbonyl (C=O) groups excluding carboxylic acids is 1. The lowest BCUT2D eigenvalue weighted by Crippen LogP contribution is -2.28. The van der Waals surface area contributed by atoms with Crippen molar-refractivity contribution < 1.29 is 4.79 Å². The number of benzene rings is 1. The number of allylic oxidation sites excluding steroid dienone is 5. The van der Waals surface area contributed by atoms with Crippen LogP contribution in [0.1, 0.15) is 18.4 Å². The molecule has 3 N–H and O–H groups in total. The number of para-hydroxylation sites is 1. The van der Waals surface area contributed by atoms with Crippen LogP contribution >= 0.6 is 11.6 Å². The van der Waals surface area contributed by atoms with Gasteiger partial charge in [0.1, 0.15) is 0 Å². The third-order valence-corrected chi connectivity index (χ3v) is 4.81. The van der Waals surface area contributed by atoms with Gasteiger partial charge in [0.2, 0.25) is 5.91 Å². The molecule has 0 aromatic heterocycles. The number of fused-ring (bicyclic) bond motifs is 2. The van der Waals surface area contributed by atoms with Crippen LogP contribution in [0.2, 0.25) is 0 Å². The number of amides is 1. The minimum absolute atomic E-state index is 0.415. The van der Waals surface area contributed by atoms with Gasteiger partial charge in [0, 0.05) is 29.5 Å². The molecule has 0 atom stereocenters. The molecule has 1 aliphatic carbocycles. The van der Waals surface area contributed by atoms with Gasteiger partial charge in [0.05, 0.1) is 0 Å². The van der Waals surface area contributed by atoms with E-state index in [0.29, 0.717) is 6.54 Å². The topological polar surface area (TPSA) is 58.4 Å². The fraction of sp³-hybridized carbons (Fsp3) is 0.286. The standard InChI is InChI=1S/C21H24ClN3O/c22-18-11-10-17-9-8-16-5-1-2-6-19(16)25(20(17)15-18)14-4-13-24-12-3-7-21(23)26/h1-3,5-7,9,11,15,24H,4,8,10,12-14H2,(H2,23,26)/b7-3+. The zero-order valence-corrected chi connectivity index (χ0v) is 15.5. The molecule has 1 aromatic carbocycles. The summed E-state index contributed by atoms with van der Waals surface area (Å²) in [5, 5.41) is 4.11. The third kappa shape index (κ3) is 4.65. The zero-order chi connectivity index (χ0) is 18.4. The molecule has 0 saturated heterocycles. The second-order valence-corrected chi connectivity index (χ2v) is 6.84. The molecule has 0 unspecified atom stereocenters. The number of hydrogen-bond donors (Lipinski definition) is 2. The average Bonchev–Trinajstić information content (AvgIpc) is 2.78. The van der Waals surface area contributed by atoms with E-state index in [2.05, 4.69) is 52.7 Å². The molecule has 1 aliphatic heterocycles. The highest BCUT2D eigenvalue weighted by atomic mass is 35.5. The summed E-state index contributed by atoms with van der Waals surface area (Å²) in [5.41, 5.74) is 10.2. The molecule has 5 heteroatoms. The van der Waals surface area contributed by atoms with Gasteiger partial charge in [-0.1, -0.05) is 48.0 Å². The molecule has 0 spiro atoms. The van der Waals surface area contributed by atoms with Crippen LogP contribution in [0, 0.1) is 0 Å². The summed E-state index contributed by atoms with van der Waals surface area (Å²) in [6, 6.07) is 8.56. The Morgan fingerprint density at radius 2 is 2.12 bits per heavy atom. The minimum Gasteiger partial charge on any atom is -0.366 e. The van der Waals surface area contributed by atoms with Crippen molar-refractivity contribution in [1.29, 1.82) is 0 Å². The normalized spacial score (nSPS) is 16.3. The van der Waals surface area contributed by atoms with Crippen LogP contribution in [-0.2, 0) is 11.2 Å². The fourth-order valence-electron chi connectivity index (χ4n) is 3.31. The van der Waals surface area contributed by atoms with E-state index in [9.17, 15) is 4.79 Å². The van der Waals surface area contributed by atoms with Gasteiger partial charge in [-0.05, 0) is 55.2 Å². The maximum Gasteiger partial charge on any atom is 0.241 e. The molecule has 1 aromatic rings. The van der Waals surface area contributed by atoms with Crippen molar-refractivity contribution in [2.24, 2.45) is 5.73 Å². The van der Waals surface area contributed by atoms with Crippen molar-refractivity contribution in [2.75, 3.05) is 24.5 Å². The summed E-state index contributed by atoms with van der Waals surface area (Å²) in [4.78, 5) is 13.1. The summed E-state index contributed by atoms with van der Waals surface area (Å²) < 4.78 is 0. The summed E-state index contributed by atoms with van der Waals surface area (Å²) >= 11 is 6.30. The summed E-state index contributed by atoms with van der Waals surface area (Å²) in [6.45, 7) is 2.40. The molecule has 1 heterocycles. The van der Waals surface area contributed by atoms with Gasteiger partial charge in [-0.25, -0.2) is 0 Å². The number of halogens is 1. The molecular formula is C21H24ClN3O. The van der Waals surface area contributed by atoms with Crippen molar-refractivity contribution in [3.05, 3.63) is 76.5 Å². The number of primary amides is 1. The van der Waals surface area contributed by atoms with Gasteiger partial charge in [0.15, 0.2) is 0 Å². The van der Waals surface area contributed by atoms with Crippen LogP contribution in [0.25, 0.3) is 0 Å². The number of carbonyl (C=O) groups is 1. The van der Waals surface area contributed by atoms with Gasteiger partial charge in [-0.2, -0.15) is 0 Å². The maximum atomic E-state index is 10.7. The van der Waals surface area contributed by atoms with Crippen LogP contribution in [0.5, 0.6) is 0 Å². The van der Waals surface area contributed by atoms with E-state index >= 15 is 0 Å². The first kappa shape index (κ1) is 18.5. The summed E-state index contributed by atoms with van der Waals surface area (Å²) in [7, 11) is 0. The molecule has 4 nitrogen and oxygen atoms in total. The van der Waals surface area contributed by atoms with Crippen molar-refractivity contribution in [2.45, 2.75) is 19.3 Å². The quantitative estimate of drug-likeness (QED) is 0.572. The van der Waals surface area contributed by atoms with Gasteiger partial charge in [0.25, 0.3) is 0 Å². The van der Waals surface area contributed by atoms with Gasteiger partial charge < -0.3 is 16.0 Å². The zero-order valence-electron chi connectivity index (χ0n) is 14.7. The van der Waals surface area contributed by atoms with Crippen LogP contribution in [0.3, 0.4) is 0 Å². The van der Waals surface area contributed by atoms with E-state index in [1.807, 2.05) is 0 Å². The monoisotopic (exact) mass is 369 g/mol. The Labute approximate surface area is 159 Å². The van der Waals surface area contributed by atoms with Crippen LogP contribution in [0.15, 0.2) is 70.9 Å². The Hall–Kier alpha value is -2.30. The fourth-order valence-corrected chi connectivity index (χ4v) is 3.49. The second kappa shape index (κ2) is 8.88. The first-order valence-electron chi connectivity index (χ1n) is 8.94. The van der Waals surface area contributed by atoms with E-state index in [0.717, 1.165) is 37.4 Å². The Bertz CT molecular complexity index is 792. The van der Waals surface area contributed by atoms with E-state index in [4.69, 9.17) is 17.3 Å². The molecule has 3 rings (SSSR count). The largest absolute Gasteiger partial charge is 0.366 e. The molecule has 0 bridgehead atoms. The molecule has 136 valence electrons. The number of rotatable bonds is 7. The first-order chi connectivity index (χ1) is 12.6. The first-order valence-corrected chi connectivity index (χ1v) is 9.32. The molecular weight excluding hydrogens is 346 g/mol. The van der Waals surface area contributed by atoms with Crippen molar-refractivity contribution in [1.82, 2.24) is 5.32 Å². The molecule has 2 aliphatic rings. The number of anilines is 1. The summed E-state index contributed by atoms with van der Waals surface area (Å²) in [5.74, 6) is -0.415. The predicted molar refractivity (Wildman–Crippen MR) is 108 cm³/mol. The molecule has 0 radical (unpaired) electrons. The van der Waals surface area contributed by atoms with E-state index in [1.165, 1.54) is 28.6 Å². The second-order valence-electron chi connectivity index (χ2n) is 6.40. The van der Waals surface area contributed by atoms with E-state index in [-0.39, 0.29) is 0 Å². The molecule has 26 heavy (non-hydrogen) atoms. The third-order valence-electron chi connectivity index (χ3n) is 4.54. The van der Waals surface area contributed by atoms with Crippen LogP contribution < -0.4 is 16.0 Å². The lowest BCUT2D eigenvalue weighted by Gasteiger charge is -2.30. The lowest BCUT2D eigenvalue weighted by molar-refractivity contribution is -0.113. The number of nitrogens with two attached hydrogens (primary N) is 1. The Morgan fingerprint density at radius 3 is 2.96 bits per heavy atom. The van der Waals surface area contributed by atoms with Gasteiger partial charge >= 0.3 is 0 Å². The van der Waals surface area contributed by atoms with Crippen LogP contribution in [-0.4, -0.2) is 25.5 Å². The van der Waals surface area contributed by atoms with E-state index in [1.54, 1.807) is 6.08 Å². The lowest BCUT2D eigenvalue weighted by atomic mass is 10.0. The minimum atomic E-state index is -0.415. The molecule has 0 saturated carbocycles. The average molecular weight is 370 g/mol. The smallest absolute Gasteiger partial charge is 0.241 e. The van der Waals surface area contributed by atoms with Crippen LogP contribution in [0.4, 0.5) is 5.69 Å². The number of nitrogens with one attached hydrogen (secondary N) is 1. The van der Waals surface area contributed by atoms with Crippen molar-refractivity contribution in [3.63, 3.8) is 0 Å². The SMILES string of the molecule is NC(=O)/C=C/CNCCCN1C2=CC(Cl)=CCC2=CCc2ccccc21. The van der Waals surface area contributed by atoms with E-state index < -0.39 is 5.91 Å². The summed E-state index contributed by atoms with van der Waals surface area (Å²) in [6.07, 6.45) is 12.4. The highest BCUT2D eigenvalue weighted by Crippen LogP contribution is 2.36. The van der Waals surface area contributed by atoms with Gasteiger partial charge in [-0.3, -0.25) is 4.79 Å². The van der Waals surface area contributed by atoms with Crippen molar-refractivity contribution in [3.8, 4) is 0 Å². The predicted octanol–water partition coefficient (Wildman–Crippen LogP) is 3.41. The Morgan fingerprint density at radius 1 is 1.27 bits per heavy atom. The number of hydrogen-bond acceptors (Lipinski definition) is 3. The Balaban J connectivity index is 1.69. The van der Waals surface area contributed by atoms with Gasteiger partial charge in [-0.15, -0.1) is 0 Å². The highest BCUT2D eigenvalue weighted by molar-refractivity contribution is 6.31. The molecule has 1 amide bonds. The molecule has 0 fully saturated rings. The van der Waals surface area contributed by atoms with Crippen molar-refractivity contribution >= 4 is 23.2 Å².